The van der Waals surface area contributed by atoms with E-state index < -0.39 is 17.7 Å². The summed E-state index contributed by atoms with van der Waals surface area (Å²) in [6.07, 6.45) is 1.25. The van der Waals surface area contributed by atoms with Crippen LogP contribution in [0.2, 0.25) is 5.02 Å². The Morgan fingerprint density at radius 2 is 2.00 bits per heavy atom. The van der Waals surface area contributed by atoms with Crippen LogP contribution < -0.4 is 11.1 Å². The van der Waals surface area contributed by atoms with Crippen molar-refractivity contribution < 1.29 is 14.4 Å². The molecule has 0 bridgehead atoms. The number of carbonyl (C=O) groups excluding carboxylic acids is 3. The van der Waals surface area contributed by atoms with Crippen LogP contribution in [0.1, 0.15) is 10.4 Å². The van der Waals surface area contributed by atoms with Gasteiger partial charge in [-0.3, -0.25) is 19.7 Å². The number of aromatic nitrogens is 1. The first kappa shape index (κ1) is 12.3. The van der Waals surface area contributed by atoms with E-state index in [9.17, 15) is 14.4 Å². The number of nitrogens with one attached hydrogen (secondary N) is 1. The molecule has 1 saturated heterocycles. The van der Waals surface area contributed by atoms with Gasteiger partial charge in [-0.05, 0) is 6.07 Å². The standard InChI is InChI=1S/C10H9ClN4O3/c11-6-1-5(2-13-9(6)12)10(18)15-3-7(16)14-8(17)4-15/h1-2H,3-4H2,(H2,12,13)(H,14,16,17). The van der Waals surface area contributed by atoms with Gasteiger partial charge in [0.1, 0.15) is 18.9 Å². The quantitative estimate of drug-likeness (QED) is 0.663. The van der Waals surface area contributed by atoms with Gasteiger partial charge in [-0.15, -0.1) is 0 Å². The lowest BCUT2D eigenvalue weighted by atomic mass is 10.2. The summed E-state index contributed by atoms with van der Waals surface area (Å²) in [5, 5.41) is 2.25. The molecule has 0 atom stereocenters. The number of hydrogen-bond acceptors (Lipinski definition) is 5. The fraction of sp³-hybridized carbons (Fsp3) is 0.200. The summed E-state index contributed by atoms with van der Waals surface area (Å²) in [6.45, 7) is -0.348. The molecule has 2 heterocycles. The van der Waals surface area contributed by atoms with Crippen LogP contribution in [0, 0.1) is 0 Å². The first-order chi connectivity index (χ1) is 8.47. The number of imide groups is 1. The number of amides is 3. The van der Waals surface area contributed by atoms with Crippen molar-refractivity contribution in [3.8, 4) is 0 Å². The highest BCUT2D eigenvalue weighted by Crippen LogP contribution is 2.18. The zero-order chi connectivity index (χ0) is 13.3. The van der Waals surface area contributed by atoms with Gasteiger partial charge in [0.05, 0.1) is 10.6 Å². The van der Waals surface area contributed by atoms with Crippen molar-refractivity contribution in [2.45, 2.75) is 0 Å². The summed E-state index contributed by atoms with van der Waals surface area (Å²) in [5.41, 5.74) is 5.60. The van der Waals surface area contributed by atoms with Gasteiger partial charge < -0.3 is 10.6 Å². The lowest BCUT2D eigenvalue weighted by molar-refractivity contribution is -0.135. The maximum Gasteiger partial charge on any atom is 0.256 e. The van der Waals surface area contributed by atoms with Crippen molar-refractivity contribution in [3.05, 3.63) is 22.8 Å². The van der Waals surface area contributed by atoms with Crippen LogP contribution >= 0.6 is 11.6 Å². The molecule has 0 spiro atoms. The van der Waals surface area contributed by atoms with E-state index in [1.807, 2.05) is 0 Å². The van der Waals surface area contributed by atoms with Gasteiger partial charge in [-0.2, -0.15) is 0 Å². The second-order valence-electron chi connectivity index (χ2n) is 3.72. The predicted octanol–water partition coefficient (Wildman–Crippen LogP) is -0.584. The molecule has 3 amide bonds. The van der Waals surface area contributed by atoms with Gasteiger partial charge in [0.15, 0.2) is 0 Å². The summed E-state index contributed by atoms with van der Waals surface area (Å²) in [5.74, 6) is -1.42. The fourth-order valence-corrected chi connectivity index (χ4v) is 1.70. The van der Waals surface area contributed by atoms with Crippen LogP contribution in [-0.2, 0) is 9.59 Å². The van der Waals surface area contributed by atoms with Crippen molar-refractivity contribution in [2.75, 3.05) is 18.8 Å². The van der Waals surface area contributed by atoms with Gasteiger partial charge in [0, 0.05) is 6.20 Å². The van der Waals surface area contributed by atoms with Crippen molar-refractivity contribution in [1.29, 1.82) is 0 Å². The molecule has 1 fully saturated rings. The minimum Gasteiger partial charge on any atom is -0.382 e. The van der Waals surface area contributed by atoms with Crippen molar-refractivity contribution in [1.82, 2.24) is 15.2 Å². The molecule has 3 N–H and O–H groups in total. The first-order valence-corrected chi connectivity index (χ1v) is 5.38. The second-order valence-corrected chi connectivity index (χ2v) is 4.13. The Bertz CT molecular complexity index is 530. The molecule has 1 aromatic rings. The van der Waals surface area contributed by atoms with Gasteiger partial charge in [0.25, 0.3) is 5.91 Å². The molecular formula is C10H9ClN4O3. The highest BCUT2D eigenvalue weighted by Gasteiger charge is 2.27. The topological polar surface area (TPSA) is 105 Å². The summed E-state index contributed by atoms with van der Waals surface area (Å²) >= 11 is 5.75. The Morgan fingerprint density at radius 3 is 2.56 bits per heavy atom. The SMILES string of the molecule is Nc1ncc(C(=O)N2CC(=O)NC(=O)C2)cc1Cl. The van der Waals surface area contributed by atoms with E-state index in [0.717, 1.165) is 4.90 Å². The Labute approximate surface area is 107 Å². The number of nitrogen functional groups attached to an aromatic ring is 1. The van der Waals surface area contributed by atoms with E-state index in [4.69, 9.17) is 17.3 Å². The normalized spacial score (nSPS) is 15.5. The minimum absolute atomic E-state index is 0.112. The third-order valence-electron chi connectivity index (χ3n) is 2.35. The van der Waals surface area contributed by atoms with Crippen LogP contribution in [0.5, 0.6) is 0 Å². The van der Waals surface area contributed by atoms with Crippen LogP contribution in [0.25, 0.3) is 0 Å². The molecule has 1 aliphatic rings. The van der Waals surface area contributed by atoms with E-state index in [2.05, 4.69) is 10.3 Å². The maximum atomic E-state index is 12.0. The lowest BCUT2D eigenvalue weighted by Gasteiger charge is -2.25. The first-order valence-electron chi connectivity index (χ1n) is 5.00. The van der Waals surface area contributed by atoms with Gasteiger partial charge in [0.2, 0.25) is 11.8 Å². The van der Waals surface area contributed by atoms with Gasteiger partial charge >= 0.3 is 0 Å². The van der Waals surface area contributed by atoms with E-state index >= 15 is 0 Å². The summed E-state index contributed by atoms with van der Waals surface area (Å²) in [4.78, 5) is 39.2. The predicted molar refractivity (Wildman–Crippen MR) is 62.7 cm³/mol. The number of carbonyl (C=O) groups is 3. The molecule has 1 aromatic heterocycles. The zero-order valence-electron chi connectivity index (χ0n) is 9.14. The molecule has 1 aliphatic heterocycles. The average molecular weight is 269 g/mol. The second kappa shape index (κ2) is 4.61. The lowest BCUT2D eigenvalue weighted by Crippen LogP contribution is -2.53. The van der Waals surface area contributed by atoms with Crippen LogP contribution in [0.4, 0.5) is 5.82 Å². The van der Waals surface area contributed by atoms with Crippen molar-refractivity contribution >= 4 is 35.1 Å². The number of rotatable bonds is 1. The van der Waals surface area contributed by atoms with E-state index in [1.165, 1.54) is 12.3 Å². The molecule has 7 nitrogen and oxygen atoms in total. The number of pyridine rings is 1. The van der Waals surface area contributed by atoms with Crippen LogP contribution in [0.15, 0.2) is 12.3 Å². The van der Waals surface area contributed by atoms with Crippen molar-refractivity contribution in [3.63, 3.8) is 0 Å². The molecule has 94 valence electrons. The number of anilines is 1. The monoisotopic (exact) mass is 268 g/mol. The molecular weight excluding hydrogens is 260 g/mol. The highest BCUT2D eigenvalue weighted by atomic mass is 35.5. The maximum absolute atomic E-state index is 12.0. The number of nitrogens with zero attached hydrogens (tertiary/aromatic N) is 2. The van der Waals surface area contributed by atoms with Gasteiger partial charge in [-0.1, -0.05) is 11.6 Å². The highest BCUT2D eigenvalue weighted by molar-refractivity contribution is 6.33. The molecule has 2 rings (SSSR count). The van der Waals surface area contributed by atoms with E-state index in [1.54, 1.807) is 0 Å². The molecule has 0 aromatic carbocycles. The molecule has 0 radical (unpaired) electrons. The Hall–Kier alpha value is -2.15. The number of hydrogen-bond donors (Lipinski definition) is 2. The third-order valence-corrected chi connectivity index (χ3v) is 2.65. The third kappa shape index (κ3) is 2.40. The summed E-state index contributed by atoms with van der Waals surface area (Å²) in [7, 11) is 0. The largest absolute Gasteiger partial charge is 0.382 e. The Balaban J connectivity index is 2.22. The number of nitrogens with two attached hydrogens (primary N) is 1. The van der Waals surface area contributed by atoms with Crippen LogP contribution in [0.3, 0.4) is 0 Å². The summed E-state index contributed by atoms with van der Waals surface area (Å²) in [6, 6.07) is 1.35. The molecule has 0 saturated carbocycles. The van der Waals surface area contributed by atoms with Crippen molar-refractivity contribution in [2.24, 2.45) is 0 Å². The minimum atomic E-state index is -0.519. The molecule has 0 aliphatic carbocycles. The number of piperazine rings is 1. The zero-order valence-corrected chi connectivity index (χ0v) is 9.90. The fourth-order valence-electron chi connectivity index (χ4n) is 1.53. The molecule has 8 heteroatoms. The Kier molecular flexibility index (Phi) is 3.15. The smallest absolute Gasteiger partial charge is 0.256 e. The van der Waals surface area contributed by atoms with E-state index in [-0.39, 0.29) is 29.5 Å². The molecule has 0 unspecified atom stereocenters. The van der Waals surface area contributed by atoms with Gasteiger partial charge in [-0.25, -0.2) is 4.98 Å². The number of halogens is 1. The average Bonchev–Trinajstić information content (AvgIpc) is 2.30. The van der Waals surface area contributed by atoms with Crippen LogP contribution in [-0.4, -0.2) is 40.7 Å². The van der Waals surface area contributed by atoms with E-state index in [0.29, 0.717) is 0 Å². The summed E-state index contributed by atoms with van der Waals surface area (Å²) < 4.78 is 0. The molecule has 18 heavy (non-hydrogen) atoms. The Morgan fingerprint density at radius 1 is 1.39 bits per heavy atom.